The molecule has 0 aromatic carbocycles. The fraction of sp³-hybridized carbons (Fsp3) is 0.833. The Morgan fingerprint density at radius 2 is 2.24 bits per heavy atom. The van der Waals surface area contributed by atoms with Crippen molar-refractivity contribution in [3.05, 3.63) is 0 Å². The molecule has 0 aromatic rings. The first-order valence-corrected chi connectivity index (χ1v) is 6.08. The Morgan fingerprint density at radius 1 is 1.41 bits per heavy atom. The lowest BCUT2D eigenvalue weighted by Gasteiger charge is -2.22. The molecule has 0 amide bonds. The minimum absolute atomic E-state index is 0.0699. The van der Waals surface area contributed by atoms with E-state index in [2.05, 4.69) is 0 Å². The highest BCUT2D eigenvalue weighted by atomic mass is 16.6. The maximum atomic E-state index is 12.0. The van der Waals surface area contributed by atoms with Gasteiger partial charge in [-0.25, -0.2) is 0 Å². The predicted octanol–water partition coefficient (Wildman–Crippen LogP) is 0.374. The molecule has 5 unspecified atom stereocenters. The highest BCUT2D eigenvalue weighted by Gasteiger charge is 2.64. The van der Waals surface area contributed by atoms with Gasteiger partial charge in [-0.1, -0.05) is 0 Å². The van der Waals surface area contributed by atoms with Crippen LogP contribution in [0.1, 0.15) is 12.8 Å². The maximum absolute atomic E-state index is 12.0. The van der Waals surface area contributed by atoms with Gasteiger partial charge in [0.1, 0.15) is 12.7 Å². The Hall–Kier alpha value is -1.10. The smallest absolute Gasteiger partial charge is 0.310 e. The zero-order chi connectivity index (χ0) is 12.0. The van der Waals surface area contributed by atoms with Crippen LogP contribution in [0.25, 0.3) is 0 Å². The SMILES string of the molecule is COCCOC(=O)C1C2CC3OC(=O)C1C3C2. The molecule has 3 fully saturated rings. The van der Waals surface area contributed by atoms with Crippen molar-refractivity contribution in [2.24, 2.45) is 23.7 Å². The first kappa shape index (κ1) is 11.0. The van der Waals surface area contributed by atoms with E-state index in [0.29, 0.717) is 6.61 Å². The summed E-state index contributed by atoms with van der Waals surface area (Å²) in [5, 5.41) is 0. The summed E-state index contributed by atoms with van der Waals surface area (Å²) in [4.78, 5) is 23.6. The van der Waals surface area contributed by atoms with E-state index in [9.17, 15) is 9.59 Å². The summed E-state index contributed by atoms with van der Waals surface area (Å²) in [6.07, 6.45) is 1.84. The molecule has 2 saturated carbocycles. The molecule has 1 saturated heterocycles. The largest absolute Gasteiger partial charge is 0.463 e. The molecule has 0 spiro atoms. The Balaban J connectivity index is 1.68. The fourth-order valence-corrected chi connectivity index (χ4v) is 3.65. The normalized spacial score (nSPS) is 41.7. The zero-order valence-electron chi connectivity index (χ0n) is 9.76. The zero-order valence-corrected chi connectivity index (χ0v) is 9.76. The summed E-state index contributed by atoms with van der Waals surface area (Å²) >= 11 is 0. The monoisotopic (exact) mass is 240 g/mol. The standard InChI is InChI=1S/C12H16O5/c1-15-2-3-16-11(13)9-6-4-7-8(5-6)17-12(14)10(7)9/h6-10H,2-5H2,1H3. The van der Waals surface area contributed by atoms with Gasteiger partial charge in [-0.3, -0.25) is 9.59 Å². The number of carbonyl (C=O) groups is 2. The summed E-state index contributed by atoms with van der Waals surface area (Å²) < 4.78 is 15.3. The van der Waals surface area contributed by atoms with Gasteiger partial charge in [0, 0.05) is 13.0 Å². The third-order valence-electron chi connectivity index (χ3n) is 4.29. The molecule has 0 aromatic heterocycles. The van der Waals surface area contributed by atoms with Crippen molar-refractivity contribution in [3.63, 3.8) is 0 Å². The number of rotatable bonds is 4. The van der Waals surface area contributed by atoms with Gasteiger partial charge in [0.2, 0.25) is 0 Å². The molecule has 2 aliphatic carbocycles. The Labute approximate surface area is 99.4 Å². The van der Waals surface area contributed by atoms with Crippen LogP contribution in [-0.4, -0.2) is 38.4 Å². The van der Waals surface area contributed by atoms with Crippen LogP contribution in [0.2, 0.25) is 0 Å². The van der Waals surface area contributed by atoms with E-state index in [1.807, 2.05) is 0 Å². The van der Waals surface area contributed by atoms with Crippen LogP contribution in [0.3, 0.4) is 0 Å². The number of fused-ring (bicyclic) bond motifs is 1. The Morgan fingerprint density at radius 3 is 3.00 bits per heavy atom. The number of hydrogen-bond donors (Lipinski definition) is 0. The molecule has 1 heterocycles. The lowest BCUT2D eigenvalue weighted by atomic mass is 9.80. The van der Waals surface area contributed by atoms with Crippen LogP contribution >= 0.6 is 0 Å². The average molecular weight is 240 g/mol. The fourth-order valence-electron chi connectivity index (χ4n) is 3.65. The van der Waals surface area contributed by atoms with Crippen LogP contribution in [0.5, 0.6) is 0 Å². The summed E-state index contributed by atoms with van der Waals surface area (Å²) in [6, 6.07) is 0. The van der Waals surface area contributed by atoms with Crippen LogP contribution in [0.15, 0.2) is 0 Å². The van der Waals surface area contributed by atoms with Crippen molar-refractivity contribution in [2.45, 2.75) is 18.9 Å². The van der Waals surface area contributed by atoms with Crippen LogP contribution in [0, 0.1) is 23.7 Å². The highest BCUT2D eigenvalue weighted by Crippen LogP contribution is 2.57. The van der Waals surface area contributed by atoms with Gasteiger partial charge in [0.15, 0.2) is 0 Å². The molecule has 2 bridgehead atoms. The molecule has 94 valence electrons. The molecular formula is C12H16O5. The molecule has 5 nitrogen and oxygen atoms in total. The van der Waals surface area contributed by atoms with Gasteiger partial charge in [-0.15, -0.1) is 0 Å². The highest BCUT2D eigenvalue weighted by molar-refractivity contribution is 5.85. The van der Waals surface area contributed by atoms with Crippen molar-refractivity contribution in [1.29, 1.82) is 0 Å². The minimum atomic E-state index is -0.275. The van der Waals surface area contributed by atoms with Crippen LogP contribution < -0.4 is 0 Å². The van der Waals surface area contributed by atoms with E-state index < -0.39 is 0 Å². The molecule has 17 heavy (non-hydrogen) atoms. The second kappa shape index (κ2) is 3.98. The van der Waals surface area contributed by atoms with Gasteiger partial charge in [-0.05, 0) is 18.8 Å². The summed E-state index contributed by atoms with van der Waals surface area (Å²) in [6.45, 7) is 0.651. The molecule has 0 N–H and O–H groups in total. The third kappa shape index (κ3) is 1.56. The number of ether oxygens (including phenoxy) is 3. The van der Waals surface area contributed by atoms with Crippen LogP contribution in [0.4, 0.5) is 0 Å². The Kier molecular flexibility index (Phi) is 2.58. The van der Waals surface area contributed by atoms with Gasteiger partial charge in [-0.2, -0.15) is 0 Å². The van der Waals surface area contributed by atoms with Gasteiger partial charge < -0.3 is 14.2 Å². The second-order valence-electron chi connectivity index (χ2n) is 5.08. The first-order valence-electron chi connectivity index (χ1n) is 6.08. The van der Waals surface area contributed by atoms with E-state index in [4.69, 9.17) is 14.2 Å². The first-order chi connectivity index (χ1) is 8.22. The summed E-state index contributed by atoms with van der Waals surface area (Å²) in [5.41, 5.74) is 0. The van der Waals surface area contributed by atoms with Crippen molar-refractivity contribution in [2.75, 3.05) is 20.3 Å². The van der Waals surface area contributed by atoms with Crippen molar-refractivity contribution >= 4 is 11.9 Å². The molecule has 1 aliphatic heterocycles. The van der Waals surface area contributed by atoms with Gasteiger partial charge in [0.05, 0.1) is 18.4 Å². The second-order valence-corrected chi connectivity index (χ2v) is 5.08. The number of hydrogen-bond acceptors (Lipinski definition) is 5. The van der Waals surface area contributed by atoms with Crippen molar-refractivity contribution < 1.29 is 23.8 Å². The summed E-state index contributed by atoms with van der Waals surface area (Å²) in [5.74, 6) is -0.439. The minimum Gasteiger partial charge on any atom is -0.463 e. The molecule has 3 rings (SSSR count). The molecule has 3 aliphatic rings. The number of carbonyl (C=O) groups excluding carboxylic acids is 2. The maximum Gasteiger partial charge on any atom is 0.310 e. The summed E-state index contributed by atoms with van der Waals surface area (Å²) in [7, 11) is 1.56. The molecule has 5 atom stereocenters. The van der Waals surface area contributed by atoms with E-state index in [1.165, 1.54) is 0 Å². The third-order valence-corrected chi connectivity index (χ3v) is 4.29. The topological polar surface area (TPSA) is 61.8 Å². The Bertz CT molecular complexity index is 351. The van der Waals surface area contributed by atoms with E-state index in [0.717, 1.165) is 12.8 Å². The molecule has 0 radical (unpaired) electrons. The van der Waals surface area contributed by atoms with Crippen LogP contribution in [-0.2, 0) is 23.8 Å². The van der Waals surface area contributed by atoms with E-state index in [-0.39, 0.29) is 48.3 Å². The van der Waals surface area contributed by atoms with Crippen molar-refractivity contribution in [3.8, 4) is 0 Å². The van der Waals surface area contributed by atoms with E-state index in [1.54, 1.807) is 7.11 Å². The lowest BCUT2D eigenvalue weighted by molar-refractivity contribution is -0.156. The number of methoxy groups -OCH3 is 1. The van der Waals surface area contributed by atoms with Gasteiger partial charge >= 0.3 is 11.9 Å². The molecule has 5 heteroatoms. The average Bonchev–Trinajstić information content (AvgIpc) is 2.89. The quantitative estimate of drug-likeness (QED) is 0.525. The lowest BCUT2D eigenvalue weighted by Crippen LogP contribution is -2.33. The number of esters is 2. The predicted molar refractivity (Wildman–Crippen MR) is 55.9 cm³/mol. The molecular weight excluding hydrogens is 224 g/mol. The van der Waals surface area contributed by atoms with E-state index >= 15 is 0 Å². The van der Waals surface area contributed by atoms with Gasteiger partial charge in [0.25, 0.3) is 0 Å². The van der Waals surface area contributed by atoms with Crippen molar-refractivity contribution in [1.82, 2.24) is 0 Å².